The van der Waals surface area contributed by atoms with E-state index >= 15 is 0 Å². The third-order valence-electron chi connectivity index (χ3n) is 5.53. The quantitative estimate of drug-likeness (QED) is 0.818. The van der Waals surface area contributed by atoms with Gasteiger partial charge in [-0.25, -0.2) is 0 Å². The molecule has 2 N–H and O–H groups in total. The summed E-state index contributed by atoms with van der Waals surface area (Å²) in [5.74, 6) is 0. The largest absolute Gasteiger partial charge is 0.329 e. The minimum absolute atomic E-state index is 0.310. The third-order valence-corrected chi connectivity index (χ3v) is 5.53. The Morgan fingerprint density at radius 1 is 1.06 bits per heavy atom. The Labute approximate surface area is 107 Å². The van der Waals surface area contributed by atoms with Crippen LogP contribution in [-0.4, -0.2) is 30.1 Å². The van der Waals surface area contributed by atoms with E-state index in [4.69, 9.17) is 5.73 Å². The standard InChI is InChI=1S/C15H30N2/c1-14(2)8-10-15(12-16,11-9-14)17(3)13-6-4-5-7-13/h13H,4-12,16H2,1-3H3. The minimum Gasteiger partial charge on any atom is -0.329 e. The Morgan fingerprint density at radius 3 is 2.06 bits per heavy atom. The third kappa shape index (κ3) is 2.68. The zero-order valence-corrected chi connectivity index (χ0v) is 12.0. The van der Waals surface area contributed by atoms with Crippen molar-refractivity contribution in [2.45, 2.75) is 76.8 Å². The van der Waals surface area contributed by atoms with Crippen molar-refractivity contribution in [1.82, 2.24) is 4.90 Å². The van der Waals surface area contributed by atoms with E-state index in [9.17, 15) is 0 Å². The predicted molar refractivity (Wildman–Crippen MR) is 74.1 cm³/mol. The summed E-state index contributed by atoms with van der Waals surface area (Å²) in [6.07, 6.45) is 10.9. The summed E-state index contributed by atoms with van der Waals surface area (Å²) >= 11 is 0. The van der Waals surface area contributed by atoms with Gasteiger partial charge in [0.25, 0.3) is 0 Å². The summed E-state index contributed by atoms with van der Waals surface area (Å²) in [5, 5.41) is 0. The van der Waals surface area contributed by atoms with Crippen LogP contribution in [0.5, 0.6) is 0 Å². The first-order chi connectivity index (χ1) is 7.99. The molecule has 2 heteroatoms. The van der Waals surface area contributed by atoms with Gasteiger partial charge in [-0.2, -0.15) is 0 Å². The molecule has 2 fully saturated rings. The van der Waals surface area contributed by atoms with E-state index in [1.165, 1.54) is 51.4 Å². The van der Waals surface area contributed by atoms with Crippen molar-refractivity contribution in [3.63, 3.8) is 0 Å². The monoisotopic (exact) mass is 238 g/mol. The topological polar surface area (TPSA) is 29.3 Å². The van der Waals surface area contributed by atoms with Crippen LogP contribution < -0.4 is 5.73 Å². The maximum absolute atomic E-state index is 6.15. The van der Waals surface area contributed by atoms with Gasteiger partial charge in [0.05, 0.1) is 0 Å². The summed E-state index contributed by atoms with van der Waals surface area (Å²) in [6, 6.07) is 0.805. The highest BCUT2D eigenvalue weighted by Crippen LogP contribution is 2.44. The summed E-state index contributed by atoms with van der Waals surface area (Å²) in [6.45, 7) is 5.65. The molecule has 0 amide bonds. The first-order valence-electron chi connectivity index (χ1n) is 7.42. The lowest BCUT2D eigenvalue weighted by atomic mass is 9.68. The van der Waals surface area contributed by atoms with Gasteiger partial charge in [-0.3, -0.25) is 4.90 Å². The first-order valence-corrected chi connectivity index (χ1v) is 7.42. The average molecular weight is 238 g/mol. The van der Waals surface area contributed by atoms with Crippen molar-refractivity contribution in [1.29, 1.82) is 0 Å². The highest BCUT2D eigenvalue weighted by molar-refractivity contribution is 4.99. The molecule has 0 saturated heterocycles. The molecule has 0 aromatic rings. The summed E-state index contributed by atoms with van der Waals surface area (Å²) < 4.78 is 0. The number of nitrogens with zero attached hydrogens (tertiary/aromatic N) is 1. The van der Waals surface area contributed by atoms with Gasteiger partial charge >= 0.3 is 0 Å². The van der Waals surface area contributed by atoms with Crippen LogP contribution in [0.1, 0.15) is 65.2 Å². The zero-order valence-electron chi connectivity index (χ0n) is 12.0. The molecule has 0 bridgehead atoms. The molecular formula is C15H30N2. The van der Waals surface area contributed by atoms with Crippen molar-refractivity contribution in [2.75, 3.05) is 13.6 Å². The Bertz CT molecular complexity index is 244. The summed E-state index contributed by atoms with van der Waals surface area (Å²) in [7, 11) is 2.33. The van der Waals surface area contributed by atoms with Gasteiger partial charge in [0, 0.05) is 18.1 Å². The van der Waals surface area contributed by atoms with E-state index in [1.54, 1.807) is 0 Å². The number of nitrogens with two attached hydrogens (primary N) is 1. The molecule has 0 radical (unpaired) electrons. The second-order valence-electron chi connectivity index (χ2n) is 7.14. The van der Waals surface area contributed by atoms with E-state index in [2.05, 4.69) is 25.8 Å². The maximum atomic E-state index is 6.15. The lowest BCUT2D eigenvalue weighted by Gasteiger charge is -2.50. The molecular weight excluding hydrogens is 208 g/mol. The first kappa shape index (κ1) is 13.4. The zero-order chi connectivity index (χ0) is 12.5. The van der Waals surface area contributed by atoms with Crippen molar-refractivity contribution in [3.8, 4) is 0 Å². The van der Waals surface area contributed by atoms with Gasteiger partial charge in [-0.1, -0.05) is 26.7 Å². The molecule has 2 aliphatic rings. The van der Waals surface area contributed by atoms with Gasteiger partial charge in [0.15, 0.2) is 0 Å². The van der Waals surface area contributed by atoms with E-state index in [1.807, 2.05) is 0 Å². The highest BCUT2D eigenvalue weighted by atomic mass is 15.2. The Balaban J connectivity index is 2.04. The number of hydrogen-bond acceptors (Lipinski definition) is 2. The Morgan fingerprint density at radius 2 is 1.59 bits per heavy atom. The number of likely N-dealkylation sites (N-methyl/N-ethyl adjacent to an activating group) is 1. The van der Waals surface area contributed by atoms with Crippen LogP contribution in [0.3, 0.4) is 0 Å². The molecule has 0 aliphatic heterocycles. The summed E-state index contributed by atoms with van der Waals surface area (Å²) in [4.78, 5) is 2.66. The fourth-order valence-corrected chi connectivity index (χ4v) is 3.77. The SMILES string of the molecule is CN(C1CCCC1)C1(CN)CCC(C)(C)CC1. The van der Waals surface area contributed by atoms with Gasteiger partial charge in [0.2, 0.25) is 0 Å². The highest BCUT2D eigenvalue weighted by Gasteiger charge is 2.42. The fourth-order valence-electron chi connectivity index (χ4n) is 3.77. The Kier molecular flexibility index (Phi) is 3.84. The van der Waals surface area contributed by atoms with Crippen LogP contribution in [0.15, 0.2) is 0 Å². The lowest BCUT2D eigenvalue weighted by Crippen LogP contribution is -2.57. The molecule has 17 heavy (non-hydrogen) atoms. The van der Waals surface area contributed by atoms with E-state index in [0.29, 0.717) is 11.0 Å². The Hall–Kier alpha value is -0.0800. The molecule has 2 nitrogen and oxygen atoms in total. The van der Waals surface area contributed by atoms with Crippen molar-refractivity contribution >= 4 is 0 Å². The van der Waals surface area contributed by atoms with Crippen LogP contribution in [0, 0.1) is 5.41 Å². The molecule has 0 atom stereocenters. The molecule has 0 aromatic heterocycles. The van der Waals surface area contributed by atoms with Gasteiger partial charge in [0.1, 0.15) is 0 Å². The molecule has 0 heterocycles. The second-order valence-corrected chi connectivity index (χ2v) is 7.14. The van der Waals surface area contributed by atoms with Crippen molar-refractivity contribution in [2.24, 2.45) is 11.1 Å². The summed E-state index contributed by atoms with van der Waals surface area (Å²) in [5.41, 5.74) is 7.00. The lowest BCUT2D eigenvalue weighted by molar-refractivity contribution is 0.0143. The molecule has 2 saturated carbocycles. The average Bonchev–Trinajstić information content (AvgIpc) is 2.82. The predicted octanol–water partition coefficient (Wildman–Crippen LogP) is 3.16. The van der Waals surface area contributed by atoms with Gasteiger partial charge < -0.3 is 5.73 Å². The molecule has 0 spiro atoms. The smallest absolute Gasteiger partial charge is 0.0332 e. The van der Waals surface area contributed by atoms with Crippen molar-refractivity contribution < 1.29 is 0 Å². The molecule has 0 aromatic carbocycles. The second kappa shape index (κ2) is 4.89. The van der Waals surface area contributed by atoms with Gasteiger partial charge in [-0.05, 0) is 51.0 Å². The molecule has 2 aliphatic carbocycles. The van der Waals surface area contributed by atoms with E-state index in [-0.39, 0.29) is 0 Å². The molecule has 2 rings (SSSR count). The van der Waals surface area contributed by atoms with E-state index in [0.717, 1.165) is 12.6 Å². The number of hydrogen-bond donors (Lipinski definition) is 1. The minimum atomic E-state index is 0.310. The van der Waals surface area contributed by atoms with Crippen LogP contribution >= 0.6 is 0 Å². The van der Waals surface area contributed by atoms with Crippen LogP contribution in [0.4, 0.5) is 0 Å². The number of rotatable bonds is 3. The van der Waals surface area contributed by atoms with E-state index < -0.39 is 0 Å². The van der Waals surface area contributed by atoms with Crippen LogP contribution in [-0.2, 0) is 0 Å². The van der Waals surface area contributed by atoms with Gasteiger partial charge in [-0.15, -0.1) is 0 Å². The van der Waals surface area contributed by atoms with Crippen LogP contribution in [0.2, 0.25) is 0 Å². The van der Waals surface area contributed by atoms with Crippen LogP contribution in [0.25, 0.3) is 0 Å². The maximum Gasteiger partial charge on any atom is 0.0332 e. The molecule has 0 unspecified atom stereocenters. The molecule has 100 valence electrons. The fraction of sp³-hybridized carbons (Fsp3) is 1.00. The van der Waals surface area contributed by atoms with Crippen molar-refractivity contribution in [3.05, 3.63) is 0 Å². The normalized spacial score (nSPS) is 28.8.